The van der Waals surface area contributed by atoms with E-state index in [1.165, 1.54) is 11.1 Å². The first-order valence-electron chi connectivity index (χ1n) is 10.1. The van der Waals surface area contributed by atoms with Crippen molar-refractivity contribution in [1.29, 1.82) is 0 Å². The van der Waals surface area contributed by atoms with Crippen LogP contribution in [0.5, 0.6) is 0 Å². The van der Waals surface area contributed by atoms with Gasteiger partial charge in [-0.2, -0.15) is 0 Å². The molecule has 0 atom stereocenters. The Morgan fingerprint density at radius 1 is 1.07 bits per heavy atom. The van der Waals surface area contributed by atoms with E-state index in [1.807, 2.05) is 4.90 Å². The number of carbonyl (C=O) groups is 2. The Hall–Kier alpha value is -2.28. The van der Waals surface area contributed by atoms with Gasteiger partial charge in [-0.05, 0) is 30.9 Å². The van der Waals surface area contributed by atoms with Crippen LogP contribution in [0.1, 0.15) is 24.0 Å². The molecule has 0 spiro atoms. The number of urea groups is 2. The van der Waals surface area contributed by atoms with Crippen LogP contribution in [-0.2, 0) is 10.2 Å². The third-order valence-corrected chi connectivity index (χ3v) is 5.96. The van der Waals surface area contributed by atoms with Crippen LogP contribution in [0.4, 0.5) is 9.59 Å². The van der Waals surface area contributed by atoms with Gasteiger partial charge in [0.15, 0.2) is 0 Å². The zero-order valence-corrected chi connectivity index (χ0v) is 17.2. The number of benzene rings is 1. The van der Waals surface area contributed by atoms with Crippen molar-refractivity contribution in [3.05, 3.63) is 35.4 Å². The van der Waals surface area contributed by atoms with Crippen LogP contribution in [0.25, 0.3) is 0 Å². The fraction of sp³-hybridized carbons (Fsp3) is 0.619. The second kappa shape index (κ2) is 8.82. The largest absolute Gasteiger partial charge is 0.381 e. The van der Waals surface area contributed by atoms with Gasteiger partial charge in [-0.3, -0.25) is 0 Å². The number of piperazine rings is 1. The van der Waals surface area contributed by atoms with E-state index in [0.29, 0.717) is 32.7 Å². The number of hydrogen-bond donors (Lipinski definition) is 1. The smallest absolute Gasteiger partial charge is 0.319 e. The number of aryl methyl sites for hydroxylation is 1. The molecule has 0 saturated carbocycles. The molecule has 2 fully saturated rings. The van der Waals surface area contributed by atoms with Gasteiger partial charge in [-0.15, -0.1) is 0 Å². The third kappa shape index (κ3) is 4.41. The highest BCUT2D eigenvalue weighted by molar-refractivity contribution is 5.76. The van der Waals surface area contributed by atoms with Gasteiger partial charge in [-0.1, -0.05) is 24.3 Å². The number of hydrogen-bond acceptors (Lipinski definition) is 3. The van der Waals surface area contributed by atoms with Crippen molar-refractivity contribution in [1.82, 2.24) is 20.0 Å². The second-order valence-corrected chi connectivity index (χ2v) is 8.02. The number of carbonyl (C=O) groups excluding carboxylic acids is 2. The van der Waals surface area contributed by atoms with Gasteiger partial charge in [0.2, 0.25) is 0 Å². The zero-order chi connectivity index (χ0) is 20.1. The molecule has 7 nitrogen and oxygen atoms in total. The fourth-order valence-electron chi connectivity index (χ4n) is 4.21. The molecule has 0 aliphatic carbocycles. The van der Waals surface area contributed by atoms with Crippen LogP contribution in [-0.4, -0.2) is 86.8 Å². The Kier molecular flexibility index (Phi) is 6.44. The van der Waals surface area contributed by atoms with Crippen LogP contribution in [0, 0.1) is 6.92 Å². The first kappa shape index (κ1) is 20.5. The zero-order valence-electron chi connectivity index (χ0n) is 17.2. The van der Waals surface area contributed by atoms with E-state index >= 15 is 0 Å². The van der Waals surface area contributed by atoms with Crippen molar-refractivity contribution >= 4 is 12.1 Å². The van der Waals surface area contributed by atoms with Gasteiger partial charge in [0.05, 0.1) is 0 Å². The molecule has 0 aromatic heterocycles. The van der Waals surface area contributed by atoms with Crippen LogP contribution >= 0.6 is 0 Å². The van der Waals surface area contributed by atoms with Crippen molar-refractivity contribution in [2.24, 2.45) is 0 Å². The maximum Gasteiger partial charge on any atom is 0.319 e. The van der Waals surface area contributed by atoms with E-state index in [-0.39, 0.29) is 17.5 Å². The van der Waals surface area contributed by atoms with E-state index in [4.69, 9.17) is 4.74 Å². The topological polar surface area (TPSA) is 65.1 Å². The average Bonchev–Trinajstić information content (AvgIpc) is 2.72. The molecule has 1 aromatic rings. The molecule has 2 heterocycles. The first-order chi connectivity index (χ1) is 13.4. The predicted molar refractivity (Wildman–Crippen MR) is 109 cm³/mol. The number of ether oxygens (including phenoxy) is 1. The van der Waals surface area contributed by atoms with E-state index < -0.39 is 0 Å². The lowest BCUT2D eigenvalue weighted by Gasteiger charge is -2.40. The molecule has 0 bridgehead atoms. The molecule has 1 N–H and O–H groups in total. The van der Waals surface area contributed by atoms with Crippen molar-refractivity contribution in [2.45, 2.75) is 25.2 Å². The Morgan fingerprint density at radius 3 is 2.29 bits per heavy atom. The average molecular weight is 389 g/mol. The first-order valence-corrected chi connectivity index (χ1v) is 10.1. The monoisotopic (exact) mass is 388 g/mol. The lowest BCUT2D eigenvalue weighted by molar-refractivity contribution is 0.0496. The standard InChI is InChI=1S/C21H32N4O3/c1-17-6-4-5-7-18(17)21(8-14-28-15-9-21)16-22-19(26)24-10-12-25(13-11-24)20(27)23(2)3/h4-7H,8-16H2,1-3H3,(H,22,26). The highest BCUT2D eigenvalue weighted by Gasteiger charge is 2.36. The summed E-state index contributed by atoms with van der Waals surface area (Å²) in [6, 6.07) is 8.40. The molecular weight excluding hydrogens is 356 g/mol. The summed E-state index contributed by atoms with van der Waals surface area (Å²) in [7, 11) is 3.50. The molecule has 0 unspecified atom stereocenters. The van der Waals surface area contributed by atoms with Crippen LogP contribution in [0.2, 0.25) is 0 Å². The number of amides is 4. The Labute approximate surface area is 167 Å². The molecule has 2 saturated heterocycles. The molecule has 2 aliphatic heterocycles. The molecule has 0 radical (unpaired) electrons. The lowest BCUT2D eigenvalue weighted by atomic mass is 9.72. The van der Waals surface area contributed by atoms with Crippen LogP contribution < -0.4 is 5.32 Å². The minimum absolute atomic E-state index is 0.000713. The van der Waals surface area contributed by atoms with Crippen molar-refractivity contribution in [3.8, 4) is 0 Å². The Morgan fingerprint density at radius 2 is 1.68 bits per heavy atom. The summed E-state index contributed by atoms with van der Waals surface area (Å²) in [5.41, 5.74) is 2.48. The molecule has 3 rings (SSSR count). The van der Waals surface area contributed by atoms with Gasteiger partial charge in [0.25, 0.3) is 0 Å². The summed E-state index contributed by atoms with van der Waals surface area (Å²) in [4.78, 5) is 30.0. The minimum atomic E-state index is -0.0814. The summed E-state index contributed by atoms with van der Waals surface area (Å²) in [6.45, 7) is 6.44. The lowest BCUT2D eigenvalue weighted by Crippen LogP contribution is -2.56. The van der Waals surface area contributed by atoms with E-state index in [9.17, 15) is 9.59 Å². The maximum atomic E-state index is 12.8. The predicted octanol–water partition coefficient (Wildman–Crippen LogP) is 2.05. The third-order valence-electron chi connectivity index (χ3n) is 5.96. The highest BCUT2D eigenvalue weighted by Crippen LogP contribution is 2.36. The van der Waals surface area contributed by atoms with Gasteiger partial charge in [0, 0.05) is 65.4 Å². The summed E-state index contributed by atoms with van der Waals surface area (Å²) in [6.07, 6.45) is 1.81. The van der Waals surface area contributed by atoms with Crippen LogP contribution in [0.3, 0.4) is 0 Å². The Balaban J connectivity index is 1.61. The van der Waals surface area contributed by atoms with Crippen molar-refractivity contribution < 1.29 is 14.3 Å². The molecule has 2 aliphatic rings. The molecule has 1 aromatic carbocycles. The number of nitrogens with one attached hydrogen (secondary N) is 1. The van der Waals surface area contributed by atoms with Gasteiger partial charge in [0.1, 0.15) is 0 Å². The normalized spacial score (nSPS) is 19.2. The molecule has 7 heteroatoms. The van der Waals surface area contributed by atoms with Crippen LogP contribution in [0.15, 0.2) is 24.3 Å². The molecular formula is C21H32N4O3. The Bertz CT molecular complexity index is 693. The number of nitrogens with zero attached hydrogens (tertiary/aromatic N) is 3. The second-order valence-electron chi connectivity index (χ2n) is 8.02. The summed E-state index contributed by atoms with van der Waals surface area (Å²) in [5.74, 6) is 0. The maximum absolute atomic E-state index is 12.8. The quantitative estimate of drug-likeness (QED) is 0.862. The van der Waals surface area contributed by atoms with E-state index in [1.54, 1.807) is 23.9 Å². The fourth-order valence-corrected chi connectivity index (χ4v) is 4.21. The van der Waals surface area contributed by atoms with Gasteiger partial charge < -0.3 is 24.8 Å². The summed E-state index contributed by atoms with van der Waals surface area (Å²) >= 11 is 0. The molecule has 4 amide bonds. The summed E-state index contributed by atoms with van der Waals surface area (Å²) in [5, 5.41) is 3.17. The van der Waals surface area contributed by atoms with Crippen molar-refractivity contribution in [2.75, 3.05) is 60.0 Å². The molecule has 154 valence electrons. The molecule has 28 heavy (non-hydrogen) atoms. The van der Waals surface area contributed by atoms with E-state index in [0.717, 1.165) is 26.1 Å². The minimum Gasteiger partial charge on any atom is -0.381 e. The van der Waals surface area contributed by atoms with E-state index in [2.05, 4.69) is 36.5 Å². The summed E-state index contributed by atoms with van der Waals surface area (Å²) < 4.78 is 5.60. The van der Waals surface area contributed by atoms with Crippen molar-refractivity contribution in [3.63, 3.8) is 0 Å². The van der Waals surface area contributed by atoms with Gasteiger partial charge >= 0.3 is 12.1 Å². The van der Waals surface area contributed by atoms with Gasteiger partial charge in [-0.25, -0.2) is 9.59 Å². The number of rotatable bonds is 3. The SMILES string of the molecule is Cc1ccccc1C1(CNC(=O)N2CCN(C(=O)N(C)C)CC2)CCOCC1. The highest BCUT2D eigenvalue weighted by atomic mass is 16.5.